The second kappa shape index (κ2) is 24.8. The van der Waals surface area contributed by atoms with Gasteiger partial charge in [0.1, 0.15) is 49.5 Å². The van der Waals surface area contributed by atoms with Crippen LogP contribution in [0.2, 0.25) is 0 Å². The Bertz CT molecular complexity index is 4220. The molecule has 9 aromatic rings. The zero-order valence-corrected chi connectivity index (χ0v) is 46.5. The van der Waals surface area contributed by atoms with E-state index in [1.165, 1.54) is 13.2 Å². The van der Waals surface area contributed by atoms with Crippen LogP contribution in [0.15, 0.2) is 114 Å². The summed E-state index contributed by atoms with van der Waals surface area (Å²) in [7, 11) is -3.23. The zero-order valence-electron chi connectivity index (χ0n) is 42.6. The molecule has 0 heterocycles. The molecule has 0 radical (unpaired) electrons. The van der Waals surface area contributed by atoms with Crippen molar-refractivity contribution in [2.45, 2.75) is 4.90 Å². The molecule has 85 heavy (non-hydrogen) atoms. The van der Waals surface area contributed by atoms with Gasteiger partial charge in [-0.1, -0.05) is 42.3 Å². The van der Waals surface area contributed by atoms with Crippen molar-refractivity contribution in [2.24, 2.45) is 0 Å². The molecule has 9 rings (SSSR count). The van der Waals surface area contributed by atoms with E-state index >= 15 is 70.2 Å². The standard InChI is InChI=1S/C58H26F16O9S.K/c1-4-23-5-7-26(8-6-23)31-21-30(18-19-32(31)79-3)82-57-51(71)43(63)36(44(64)52(57)72)35-39(59)47(67)55(48(68)40(35)60)80-27-13-9-24(10-14-27)25-11-15-28(16-12-25)81-56-49(69)41(61)37(42(62)50(56)70)38-45(65)53(73)58(54(74)46(38)66)83-33-20-17-29(78-2)22-34(33)84(75,76)77;/h1,5-22H,2-3H3,(H,75,76,77);/q;+1/p-1. The summed E-state index contributed by atoms with van der Waals surface area (Å²) >= 11 is 0. The van der Waals surface area contributed by atoms with E-state index in [-0.39, 0.29) is 79.6 Å². The molecule has 9 aromatic carbocycles. The van der Waals surface area contributed by atoms with Crippen molar-refractivity contribution >= 4 is 10.1 Å². The molecular formula is C58H25F16KO9S. The molecule has 430 valence electrons. The first kappa shape index (κ1) is 62.8. The van der Waals surface area contributed by atoms with E-state index in [9.17, 15) is 13.0 Å². The van der Waals surface area contributed by atoms with Crippen LogP contribution in [0.1, 0.15) is 5.56 Å². The maximum atomic E-state index is 15.6. The molecule has 0 bridgehead atoms. The maximum absolute atomic E-state index is 15.6. The van der Waals surface area contributed by atoms with E-state index in [0.717, 1.165) is 73.8 Å². The molecular weight excluding hydrogens is 1220 g/mol. The number of rotatable bonds is 15. The van der Waals surface area contributed by atoms with Crippen molar-refractivity contribution in [1.82, 2.24) is 0 Å². The van der Waals surface area contributed by atoms with E-state index in [2.05, 4.69) is 10.7 Å². The molecule has 0 aliphatic rings. The van der Waals surface area contributed by atoms with Crippen molar-refractivity contribution in [1.29, 1.82) is 0 Å². The SMILES string of the molecule is C#Cc1ccc(-c2cc(Oc3c(F)c(F)c(-c4c(F)c(F)c(Oc5ccc(-c6ccc(Oc7c(F)c(F)c(-c8c(F)c(F)c(Oc9ccc(OC)cc9S(=O)(=O)[O-])c(F)c8F)c(F)c7F)cc6)cc5)c(F)c4F)c(F)c3F)ccc2OC)cc1.[K+]. The van der Waals surface area contributed by atoms with Crippen LogP contribution in [0.3, 0.4) is 0 Å². The Morgan fingerprint density at radius 1 is 0.365 bits per heavy atom. The monoisotopic (exact) mass is 1240 g/mol. The summed E-state index contributed by atoms with van der Waals surface area (Å²) in [5.41, 5.74) is -7.63. The predicted molar refractivity (Wildman–Crippen MR) is 263 cm³/mol. The number of terminal acetylenes is 1. The van der Waals surface area contributed by atoms with Gasteiger partial charge in [-0.3, -0.25) is 0 Å². The molecule has 27 heteroatoms. The number of halogens is 16. The van der Waals surface area contributed by atoms with Crippen molar-refractivity contribution < 1.29 is 163 Å². The van der Waals surface area contributed by atoms with Gasteiger partial charge in [0.15, 0.2) is 46.5 Å². The van der Waals surface area contributed by atoms with Crippen LogP contribution in [-0.4, -0.2) is 27.2 Å². The van der Waals surface area contributed by atoms with Gasteiger partial charge in [-0.2, -0.15) is 35.1 Å². The molecule has 0 unspecified atom stereocenters. The quantitative estimate of drug-likeness (QED) is 0.0326. The van der Waals surface area contributed by atoms with Crippen LogP contribution in [0.4, 0.5) is 70.2 Å². The Morgan fingerprint density at radius 2 is 0.671 bits per heavy atom. The summed E-state index contributed by atoms with van der Waals surface area (Å²) in [6, 6.07) is 20.0. The van der Waals surface area contributed by atoms with Crippen LogP contribution in [0, 0.1) is 105 Å². The van der Waals surface area contributed by atoms with Crippen molar-refractivity contribution in [3.8, 4) is 114 Å². The minimum Gasteiger partial charge on any atom is -0.744 e. The zero-order chi connectivity index (χ0) is 61.0. The number of benzene rings is 9. The Hall–Kier alpha value is -8.23. The smallest absolute Gasteiger partial charge is 0.744 e. The van der Waals surface area contributed by atoms with Crippen LogP contribution >= 0.6 is 0 Å². The maximum Gasteiger partial charge on any atom is 1.00 e. The largest absolute Gasteiger partial charge is 1.00 e. The summed E-state index contributed by atoms with van der Waals surface area (Å²) in [6.45, 7) is 0. The van der Waals surface area contributed by atoms with Gasteiger partial charge in [0.05, 0.1) is 36.5 Å². The van der Waals surface area contributed by atoms with Crippen molar-refractivity contribution in [3.63, 3.8) is 0 Å². The fraction of sp³-hybridized carbons (Fsp3) is 0.0345. The molecule has 0 N–H and O–H groups in total. The summed E-state index contributed by atoms with van der Waals surface area (Å²) in [5.74, 6) is -48.9. The third-order valence-electron chi connectivity index (χ3n) is 12.3. The van der Waals surface area contributed by atoms with Gasteiger partial charge in [-0.05, 0) is 83.4 Å². The first-order chi connectivity index (χ1) is 39.8. The molecule has 0 spiro atoms. The molecule has 9 nitrogen and oxygen atoms in total. The normalized spacial score (nSPS) is 11.2. The van der Waals surface area contributed by atoms with E-state index in [0.29, 0.717) is 23.3 Å². The topological polar surface area (TPSA) is 113 Å². The van der Waals surface area contributed by atoms with Gasteiger partial charge in [0.25, 0.3) is 0 Å². The van der Waals surface area contributed by atoms with E-state index in [1.54, 1.807) is 24.3 Å². The van der Waals surface area contributed by atoms with Crippen LogP contribution in [-0.2, 0) is 10.1 Å². The summed E-state index contributed by atoms with van der Waals surface area (Å²) < 4.78 is 313. The second-order valence-corrected chi connectivity index (χ2v) is 18.5. The molecule has 0 fully saturated rings. The van der Waals surface area contributed by atoms with Gasteiger partial charge >= 0.3 is 51.4 Å². The summed E-state index contributed by atoms with van der Waals surface area (Å²) in [5, 5.41) is 0. The Labute approximate surface area is 510 Å². The average Bonchev–Trinajstić information content (AvgIpc) is 1.35. The molecule has 0 saturated carbocycles. The Kier molecular flexibility index (Phi) is 18.3. The fourth-order valence-corrected chi connectivity index (χ4v) is 8.81. The van der Waals surface area contributed by atoms with Gasteiger partial charge in [-0.25, -0.2) is 43.5 Å². The first-order valence-electron chi connectivity index (χ1n) is 23.1. The molecule has 0 saturated heterocycles. The number of methoxy groups -OCH3 is 2. The van der Waals surface area contributed by atoms with Crippen LogP contribution < -0.4 is 79.8 Å². The Balaban J connectivity index is 0.00000940. The van der Waals surface area contributed by atoms with Gasteiger partial charge < -0.3 is 33.0 Å². The van der Waals surface area contributed by atoms with E-state index in [4.69, 9.17) is 30.1 Å². The summed E-state index contributed by atoms with van der Waals surface area (Å²) in [4.78, 5) is -1.35. The molecule has 0 amide bonds. The number of hydrogen-bond acceptors (Lipinski definition) is 9. The van der Waals surface area contributed by atoms with Crippen molar-refractivity contribution in [2.75, 3.05) is 14.2 Å². The van der Waals surface area contributed by atoms with Crippen LogP contribution in [0.25, 0.3) is 44.5 Å². The minimum absolute atomic E-state index is 0. The summed E-state index contributed by atoms with van der Waals surface area (Å²) in [6.07, 6.45) is 5.39. The third kappa shape index (κ3) is 11.7. The number of hydrogen-bond donors (Lipinski definition) is 0. The number of ether oxygens (including phenoxy) is 6. The molecule has 0 atom stereocenters. The first-order valence-corrected chi connectivity index (χ1v) is 24.5. The second-order valence-electron chi connectivity index (χ2n) is 17.1. The van der Waals surface area contributed by atoms with Gasteiger partial charge in [-0.15, -0.1) is 6.42 Å². The third-order valence-corrected chi connectivity index (χ3v) is 13.1. The molecule has 0 aliphatic heterocycles. The fourth-order valence-electron chi connectivity index (χ4n) is 8.19. The molecule has 0 aliphatic carbocycles. The average molecular weight is 1240 g/mol. The Morgan fingerprint density at radius 3 is 1.00 bits per heavy atom. The van der Waals surface area contributed by atoms with E-state index in [1.807, 2.05) is 0 Å². The van der Waals surface area contributed by atoms with Crippen LogP contribution in [0.5, 0.6) is 57.5 Å². The minimum atomic E-state index is -5.54. The van der Waals surface area contributed by atoms with Crippen molar-refractivity contribution in [3.05, 3.63) is 208 Å². The van der Waals surface area contributed by atoms with Gasteiger partial charge in [0.2, 0.25) is 69.5 Å². The van der Waals surface area contributed by atoms with Gasteiger partial charge in [0, 0.05) is 17.2 Å². The van der Waals surface area contributed by atoms with E-state index < -0.39 is 176 Å². The predicted octanol–water partition coefficient (Wildman–Crippen LogP) is 13.7. The molecule has 0 aromatic heterocycles.